The van der Waals surface area contributed by atoms with E-state index in [1.165, 1.54) is 19.1 Å². The number of likely N-dealkylation sites (N-methyl/N-ethyl adjacent to an activating group) is 2. The number of aliphatic carboxylic acids is 1. The van der Waals surface area contributed by atoms with Crippen molar-refractivity contribution in [2.24, 2.45) is 47.0 Å². The van der Waals surface area contributed by atoms with Crippen LogP contribution in [0, 0.1) is 35.5 Å². The van der Waals surface area contributed by atoms with Crippen molar-refractivity contribution in [3.63, 3.8) is 0 Å². The zero-order valence-corrected chi connectivity index (χ0v) is 53.6. The average molecular weight is 1210 g/mol. The highest BCUT2D eigenvalue weighted by atomic mass is 16.5. The summed E-state index contributed by atoms with van der Waals surface area (Å²) in [6.45, 7) is 18.2. The number of nitrogens with zero attached hydrogens (tertiary/aromatic N) is 4. The van der Waals surface area contributed by atoms with Crippen LogP contribution >= 0.6 is 0 Å². The Morgan fingerprint density at radius 3 is 1.88 bits per heavy atom. The van der Waals surface area contributed by atoms with Crippen molar-refractivity contribution in [3.05, 3.63) is 29.8 Å². The number of likely N-dealkylation sites (tertiary alicyclic amines) is 2. The number of hydrogen-bond acceptors (Lipinski definition) is 14. The lowest BCUT2D eigenvalue weighted by molar-refractivity contribution is -0.148. The third kappa shape index (κ3) is 22.1. The highest BCUT2D eigenvalue weighted by Crippen LogP contribution is 2.30. The van der Waals surface area contributed by atoms with Crippen LogP contribution in [-0.4, -0.2) is 207 Å². The number of carboxylic acid groups (broad SMARTS) is 1. The van der Waals surface area contributed by atoms with Crippen LogP contribution in [0.1, 0.15) is 132 Å². The molecule has 10 amide bonds. The number of rotatable bonds is 35. The first kappa shape index (κ1) is 73.8. The molecule has 0 saturated carbocycles. The number of carbonyl (C=O) groups is 10. The summed E-state index contributed by atoms with van der Waals surface area (Å²) in [5.74, 6) is -5.91. The number of benzene rings is 1. The number of nitrogens with one attached hydrogen (secondary N) is 6. The van der Waals surface area contributed by atoms with Crippen LogP contribution in [-0.2, 0) is 59.0 Å². The molecule has 86 heavy (non-hydrogen) atoms. The molecule has 3 rings (SSSR count). The van der Waals surface area contributed by atoms with Gasteiger partial charge in [-0.3, -0.25) is 48.1 Å². The standard InChI is InChI=1S/C61H104N12O13/c1-15-38(8)53(71(12)59(81)51(36(4)5)69-58(80)52(37(6)7)70(10)11)46(85-13)33-49(76)73-29-17-19-45(73)54(86-14)39(9)55(77)66-43(34-62)32-40-20-22-42(23-21-40)65-56(78)44(18-16-28-64-61(63)84)67-57(79)50(35(2)3)68-47(74)24-25-48(75)72-30-26-41(27-31-72)60(82)83/h20-23,35-39,41,43-46,50-54H,15-19,24-34,62H2,1-14H3,(H,65,78)(H,66,77)(H,67,79)(H,68,74)(H,69,80)(H,82,83)(H3,63,64,84)/t38-,39+,43-,44-,45-,46+,50?,51-,52?,53-,54+/m0/s1. The van der Waals surface area contributed by atoms with E-state index >= 15 is 0 Å². The lowest BCUT2D eigenvalue weighted by Gasteiger charge is -2.41. The van der Waals surface area contributed by atoms with Crippen molar-refractivity contribution in [1.82, 2.24) is 46.2 Å². The summed E-state index contributed by atoms with van der Waals surface area (Å²) in [5, 5.41) is 26.1. The maximum atomic E-state index is 14.5. The Kier molecular flexibility index (Phi) is 30.9. The molecule has 0 bridgehead atoms. The molecular formula is C61H104N12O13. The van der Waals surface area contributed by atoms with Crippen molar-refractivity contribution in [2.45, 2.75) is 187 Å². The van der Waals surface area contributed by atoms with E-state index in [0.717, 1.165) is 5.56 Å². The van der Waals surface area contributed by atoms with Crippen LogP contribution in [0.25, 0.3) is 0 Å². The van der Waals surface area contributed by atoms with Crippen LogP contribution in [0.2, 0.25) is 0 Å². The van der Waals surface area contributed by atoms with Gasteiger partial charge in [0, 0.05) is 78.6 Å². The molecule has 0 aliphatic carbocycles. The molecule has 0 radical (unpaired) electrons. The minimum absolute atomic E-state index is 0.00397. The largest absolute Gasteiger partial charge is 0.481 e. The SMILES string of the molecule is CC[C@H](C)[C@@H]([C@@H](CC(=O)N1CCC[C@H]1[C@H](OC)[C@@H](C)C(=O)N[C@H](CN)Cc1ccc(NC(=O)[C@H](CCCNC(N)=O)NC(=O)C(NC(=O)CCC(=O)N2CCC(C(=O)O)CC2)C(C)C)cc1)OC)N(C)C(=O)[C@@H](NC(=O)C(C(C)C)N(C)C)C(C)C. The fraction of sp³-hybridized carbons (Fsp3) is 0.738. The Bertz CT molecular complexity index is 2390. The quantitative estimate of drug-likeness (QED) is 0.0441. The van der Waals surface area contributed by atoms with Crippen molar-refractivity contribution in [2.75, 3.05) is 73.4 Å². The van der Waals surface area contributed by atoms with Crippen molar-refractivity contribution < 1.29 is 62.5 Å². The van der Waals surface area contributed by atoms with Gasteiger partial charge in [-0.1, -0.05) is 80.9 Å². The van der Waals surface area contributed by atoms with E-state index in [1.54, 1.807) is 61.9 Å². The predicted octanol–water partition coefficient (Wildman–Crippen LogP) is 2.44. The number of nitrogens with two attached hydrogens (primary N) is 2. The van der Waals surface area contributed by atoms with Gasteiger partial charge in [-0.15, -0.1) is 0 Å². The lowest BCUT2D eigenvalue weighted by atomic mass is 9.89. The lowest BCUT2D eigenvalue weighted by Crippen LogP contribution is -2.59. The van der Waals surface area contributed by atoms with Gasteiger partial charge >= 0.3 is 12.0 Å². The van der Waals surface area contributed by atoms with Crippen LogP contribution in [0.15, 0.2) is 24.3 Å². The summed E-state index contributed by atoms with van der Waals surface area (Å²) < 4.78 is 12.1. The van der Waals surface area contributed by atoms with E-state index in [-0.39, 0.29) is 106 Å². The third-order valence-corrected chi connectivity index (χ3v) is 16.9. The summed E-state index contributed by atoms with van der Waals surface area (Å²) in [6.07, 6.45) is 1.56. The fourth-order valence-electron chi connectivity index (χ4n) is 11.8. The van der Waals surface area contributed by atoms with Gasteiger partial charge in [0.1, 0.15) is 18.1 Å². The molecule has 11 atom stereocenters. The van der Waals surface area contributed by atoms with E-state index in [0.29, 0.717) is 50.8 Å². The number of piperidine rings is 1. The summed E-state index contributed by atoms with van der Waals surface area (Å²) >= 11 is 0. The summed E-state index contributed by atoms with van der Waals surface area (Å²) in [5.41, 5.74) is 12.7. The molecule has 2 fully saturated rings. The number of hydrogen-bond donors (Lipinski definition) is 9. The molecule has 1 aromatic rings. The van der Waals surface area contributed by atoms with Crippen molar-refractivity contribution in [1.29, 1.82) is 0 Å². The van der Waals surface area contributed by atoms with E-state index in [9.17, 15) is 53.1 Å². The number of carbonyl (C=O) groups excluding carboxylic acids is 9. The van der Waals surface area contributed by atoms with Crippen LogP contribution in [0.5, 0.6) is 0 Å². The molecular weight excluding hydrogens is 1110 g/mol. The molecule has 1 aromatic carbocycles. The number of methoxy groups -OCH3 is 2. The molecule has 2 heterocycles. The van der Waals surface area contributed by atoms with Gasteiger partial charge in [0.15, 0.2) is 0 Å². The number of primary amides is 1. The second kappa shape index (κ2) is 36.0. The van der Waals surface area contributed by atoms with Gasteiger partial charge in [-0.05, 0) is 100 Å². The molecule has 2 unspecified atom stereocenters. The molecule has 25 heteroatoms. The third-order valence-electron chi connectivity index (χ3n) is 16.9. The molecule has 486 valence electrons. The Morgan fingerprint density at radius 1 is 0.733 bits per heavy atom. The molecule has 0 spiro atoms. The second-order valence-electron chi connectivity index (χ2n) is 24.6. The zero-order chi connectivity index (χ0) is 64.7. The molecule has 2 aliphatic rings. The molecule has 2 aliphatic heterocycles. The van der Waals surface area contributed by atoms with Gasteiger partial charge in [0.05, 0.1) is 48.6 Å². The Hall–Kier alpha value is -6.44. The van der Waals surface area contributed by atoms with Crippen molar-refractivity contribution >= 4 is 64.9 Å². The van der Waals surface area contributed by atoms with E-state index in [2.05, 4.69) is 31.9 Å². The monoisotopic (exact) mass is 1210 g/mol. The maximum absolute atomic E-state index is 14.5. The smallest absolute Gasteiger partial charge is 0.312 e. The highest BCUT2D eigenvalue weighted by Gasteiger charge is 2.44. The fourth-order valence-corrected chi connectivity index (χ4v) is 11.8. The number of urea groups is 1. The summed E-state index contributed by atoms with van der Waals surface area (Å²) in [7, 11) is 8.44. The van der Waals surface area contributed by atoms with Crippen molar-refractivity contribution in [3.8, 4) is 0 Å². The normalized spacial score (nSPS) is 18.2. The molecule has 0 aromatic heterocycles. The number of ether oxygens (including phenoxy) is 2. The summed E-state index contributed by atoms with van der Waals surface area (Å²) in [4.78, 5) is 140. The first-order chi connectivity index (χ1) is 40.5. The predicted molar refractivity (Wildman–Crippen MR) is 327 cm³/mol. The van der Waals surface area contributed by atoms with Gasteiger partial charge in [0.25, 0.3) is 0 Å². The van der Waals surface area contributed by atoms with Crippen LogP contribution in [0.4, 0.5) is 10.5 Å². The molecule has 11 N–H and O–H groups in total. The zero-order valence-electron chi connectivity index (χ0n) is 53.6. The van der Waals surface area contributed by atoms with Crippen LogP contribution < -0.4 is 43.4 Å². The minimum atomic E-state index is -1.11. The summed E-state index contributed by atoms with van der Waals surface area (Å²) in [6, 6.07) is 1.23. The maximum Gasteiger partial charge on any atom is 0.312 e. The highest BCUT2D eigenvalue weighted by molar-refractivity contribution is 5.98. The molecule has 2 saturated heterocycles. The molecule has 25 nitrogen and oxygen atoms in total. The Balaban J connectivity index is 1.68. The number of carboxylic acids is 1. The topological polar surface area (TPSA) is 347 Å². The van der Waals surface area contributed by atoms with Gasteiger partial charge < -0.3 is 72.6 Å². The number of amides is 10. The van der Waals surface area contributed by atoms with Gasteiger partial charge in [-0.25, -0.2) is 4.79 Å². The number of anilines is 1. The first-order valence-corrected chi connectivity index (χ1v) is 30.6. The average Bonchev–Trinajstić information content (AvgIpc) is 2.15. The second-order valence-corrected chi connectivity index (χ2v) is 24.6. The van der Waals surface area contributed by atoms with Crippen LogP contribution in [0.3, 0.4) is 0 Å². The Morgan fingerprint density at radius 2 is 1.36 bits per heavy atom. The van der Waals surface area contributed by atoms with Gasteiger partial charge in [0.2, 0.25) is 47.3 Å². The van der Waals surface area contributed by atoms with Gasteiger partial charge in [-0.2, -0.15) is 0 Å². The van der Waals surface area contributed by atoms with E-state index in [1.807, 2.05) is 60.5 Å². The minimum Gasteiger partial charge on any atom is -0.481 e. The van der Waals surface area contributed by atoms with E-state index in [4.69, 9.17) is 20.9 Å². The Labute approximate surface area is 509 Å². The first-order valence-electron chi connectivity index (χ1n) is 30.6. The van der Waals surface area contributed by atoms with E-state index < -0.39 is 102 Å².